The molecule has 0 atom stereocenters. The summed E-state index contributed by atoms with van der Waals surface area (Å²) in [5.74, 6) is 0. The van der Waals surface area contributed by atoms with Gasteiger partial charge in [-0.05, 0) is 24.3 Å². The summed E-state index contributed by atoms with van der Waals surface area (Å²) >= 11 is 0. The van der Waals surface area contributed by atoms with E-state index in [1.807, 2.05) is 97.1 Å². The van der Waals surface area contributed by atoms with Gasteiger partial charge in [-0.15, -0.1) is 10.2 Å². The minimum absolute atomic E-state index is 0.599. The highest BCUT2D eigenvalue weighted by atomic mass is 15.2. The van der Waals surface area contributed by atoms with Crippen molar-refractivity contribution in [2.24, 2.45) is 20.4 Å². The summed E-state index contributed by atoms with van der Waals surface area (Å²) < 4.78 is 0. The maximum Gasteiger partial charge on any atom is 0.121 e. The molecule has 6 heteroatoms. The summed E-state index contributed by atoms with van der Waals surface area (Å²) in [6.07, 6.45) is 6.66. The number of aromatic nitrogens is 2. The third-order valence-corrected chi connectivity index (χ3v) is 4.39. The van der Waals surface area contributed by atoms with Gasteiger partial charge in [0.2, 0.25) is 0 Å². The zero-order chi connectivity index (χ0) is 21.8. The largest absolute Gasteiger partial charge is 0.255 e. The molecular formula is C26H20N6. The first-order chi connectivity index (χ1) is 15.9. The summed E-state index contributed by atoms with van der Waals surface area (Å²) in [6, 6.07) is 30.8. The first-order valence-corrected chi connectivity index (χ1v) is 10.1. The van der Waals surface area contributed by atoms with Gasteiger partial charge >= 0.3 is 0 Å². The van der Waals surface area contributed by atoms with Crippen LogP contribution in [0, 0.1) is 0 Å². The lowest BCUT2D eigenvalue weighted by atomic mass is 10.00. The van der Waals surface area contributed by atoms with Gasteiger partial charge in [-0.25, -0.2) is 0 Å². The van der Waals surface area contributed by atoms with Gasteiger partial charge in [0.05, 0.1) is 23.8 Å². The molecule has 154 valence electrons. The summed E-state index contributed by atoms with van der Waals surface area (Å²) in [5, 5.41) is 17.6. The molecule has 0 fully saturated rings. The average Bonchev–Trinajstić information content (AvgIpc) is 2.87. The fourth-order valence-electron chi connectivity index (χ4n) is 2.87. The second-order valence-electron chi connectivity index (χ2n) is 6.63. The van der Waals surface area contributed by atoms with E-state index in [4.69, 9.17) is 0 Å². The van der Waals surface area contributed by atoms with Crippen LogP contribution in [0.3, 0.4) is 0 Å². The van der Waals surface area contributed by atoms with Crippen molar-refractivity contribution in [2.45, 2.75) is 0 Å². The van der Waals surface area contributed by atoms with Crippen LogP contribution in [-0.2, 0) is 0 Å². The Kier molecular flexibility index (Phi) is 7.10. The molecule has 0 spiro atoms. The Morgan fingerprint density at radius 3 is 1.28 bits per heavy atom. The molecular weight excluding hydrogens is 396 g/mol. The maximum atomic E-state index is 4.52. The van der Waals surface area contributed by atoms with Crippen LogP contribution in [0.15, 0.2) is 130 Å². The van der Waals surface area contributed by atoms with Gasteiger partial charge < -0.3 is 0 Å². The monoisotopic (exact) mass is 416 g/mol. The fraction of sp³-hybridized carbons (Fsp3) is 0. The van der Waals surface area contributed by atoms with E-state index in [0.717, 1.165) is 22.5 Å². The molecule has 0 N–H and O–H groups in total. The topological polar surface area (TPSA) is 75.2 Å². The Morgan fingerprint density at radius 1 is 0.500 bits per heavy atom. The standard InChI is InChI=1S/C26H20N6/c1-3-11-21(12-4-1)25(31-29-19-23-15-7-9-17-27-23)26(22-13-5-2-6-14-22)32-30-20-24-16-8-10-18-28-24/h1-20H/b29-19+,30-20+,31-25-,32-26-. The van der Waals surface area contributed by atoms with Crippen LogP contribution in [0.5, 0.6) is 0 Å². The second kappa shape index (κ2) is 11.0. The highest BCUT2D eigenvalue weighted by molar-refractivity contribution is 6.53. The SMILES string of the molecule is C(=N/N=C(\C(=N/N=C/c1ccccn1)c1ccccc1)c1ccccc1)\c1ccccn1. The Labute approximate surface area is 186 Å². The van der Waals surface area contributed by atoms with Crippen molar-refractivity contribution in [1.82, 2.24) is 9.97 Å². The third kappa shape index (κ3) is 5.73. The lowest BCUT2D eigenvalue weighted by Crippen LogP contribution is -2.17. The average molecular weight is 416 g/mol. The van der Waals surface area contributed by atoms with Gasteiger partial charge in [-0.2, -0.15) is 10.2 Å². The number of pyridine rings is 2. The number of nitrogens with zero attached hydrogens (tertiary/aromatic N) is 6. The third-order valence-electron chi connectivity index (χ3n) is 4.39. The highest BCUT2D eigenvalue weighted by Gasteiger charge is 2.14. The van der Waals surface area contributed by atoms with E-state index >= 15 is 0 Å². The van der Waals surface area contributed by atoms with Crippen LogP contribution in [0.4, 0.5) is 0 Å². The lowest BCUT2D eigenvalue weighted by molar-refractivity contribution is 1.21. The van der Waals surface area contributed by atoms with E-state index in [1.54, 1.807) is 24.8 Å². The van der Waals surface area contributed by atoms with Gasteiger partial charge in [-0.1, -0.05) is 72.8 Å². The molecule has 0 unspecified atom stereocenters. The minimum atomic E-state index is 0.599. The van der Waals surface area contributed by atoms with E-state index in [2.05, 4.69) is 30.4 Å². The minimum Gasteiger partial charge on any atom is -0.255 e. The van der Waals surface area contributed by atoms with Crippen molar-refractivity contribution in [3.05, 3.63) is 132 Å². The molecule has 0 aliphatic rings. The van der Waals surface area contributed by atoms with Gasteiger partial charge in [0.15, 0.2) is 0 Å². The van der Waals surface area contributed by atoms with Crippen LogP contribution < -0.4 is 0 Å². The van der Waals surface area contributed by atoms with E-state index in [0.29, 0.717) is 11.4 Å². The second-order valence-corrected chi connectivity index (χ2v) is 6.63. The molecule has 2 aromatic heterocycles. The van der Waals surface area contributed by atoms with Crippen molar-refractivity contribution in [3.8, 4) is 0 Å². The summed E-state index contributed by atoms with van der Waals surface area (Å²) in [7, 11) is 0. The predicted octanol–water partition coefficient (Wildman–Crippen LogP) is 4.82. The molecule has 4 rings (SSSR count). The number of hydrogen-bond donors (Lipinski definition) is 0. The molecule has 0 saturated heterocycles. The molecule has 4 aromatic rings. The van der Waals surface area contributed by atoms with Crippen LogP contribution in [0.25, 0.3) is 0 Å². The van der Waals surface area contributed by atoms with Crippen LogP contribution in [-0.4, -0.2) is 33.8 Å². The smallest absolute Gasteiger partial charge is 0.121 e. The van der Waals surface area contributed by atoms with Crippen LogP contribution >= 0.6 is 0 Å². The Balaban J connectivity index is 1.77. The Morgan fingerprint density at radius 2 is 0.906 bits per heavy atom. The summed E-state index contributed by atoms with van der Waals surface area (Å²) in [4.78, 5) is 8.51. The molecule has 0 bridgehead atoms. The van der Waals surface area contributed by atoms with E-state index in [9.17, 15) is 0 Å². The molecule has 6 nitrogen and oxygen atoms in total. The van der Waals surface area contributed by atoms with Gasteiger partial charge in [0, 0.05) is 23.5 Å². The quantitative estimate of drug-likeness (QED) is 0.320. The first kappa shape index (κ1) is 20.7. The zero-order valence-corrected chi connectivity index (χ0v) is 17.2. The van der Waals surface area contributed by atoms with Gasteiger partial charge in [0.25, 0.3) is 0 Å². The predicted molar refractivity (Wildman–Crippen MR) is 130 cm³/mol. The van der Waals surface area contributed by atoms with E-state index in [-0.39, 0.29) is 0 Å². The normalized spacial score (nSPS) is 12.5. The lowest BCUT2D eigenvalue weighted by Gasteiger charge is -2.08. The molecule has 0 amide bonds. The van der Waals surface area contributed by atoms with E-state index in [1.165, 1.54) is 0 Å². The van der Waals surface area contributed by atoms with E-state index < -0.39 is 0 Å². The van der Waals surface area contributed by atoms with Crippen molar-refractivity contribution in [1.29, 1.82) is 0 Å². The Bertz CT molecular complexity index is 1130. The molecule has 2 aromatic carbocycles. The molecule has 0 saturated carbocycles. The number of hydrogen-bond acceptors (Lipinski definition) is 6. The first-order valence-electron chi connectivity index (χ1n) is 10.1. The molecule has 0 radical (unpaired) electrons. The van der Waals surface area contributed by atoms with Crippen molar-refractivity contribution >= 4 is 23.9 Å². The number of benzene rings is 2. The summed E-state index contributed by atoms with van der Waals surface area (Å²) in [6.45, 7) is 0. The van der Waals surface area contributed by atoms with Crippen LogP contribution in [0.1, 0.15) is 22.5 Å². The van der Waals surface area contributed by atoms with Crippen molar-refractivity contribution in [2.75, 3.05) is 0 Å². The summed E-state index contributed by atoms with van der Waals surface area (Å²) in [5.41, 5.74) is 4.39. The van der Waals surface area contributed by atoms with Crippen LogP contribution in [0.2, 0.25) is 0 Å². The number of rotatable bonds is 7. The van der Waals surface area contributed by atoms with Crippen molar-refractivity contribution < 1.29 is 0 Å². The van der Waals surface area contributed by atoms with Crippen molar-refractivity contribution in [3.63, 3.8) is 0 Å². The molecule has 32 heavy (non-hydrogen) atoms. The molecule has 2 heterocycles. The zero-order valence-electron chi connectivity index (χ0n) is 17.2. The fourth-order valence-corrected chi connectivity index (χ4v) is 2.87. The Hall–Kier alpha value is -4.58. The van der Waals surface area contributed by atoms with Gasteiger partial charge in [-0.3, -0.25) is 9.97 Å². The van der Waals surface area contributed by atoms with Gasteiger partial charge in [0.1, 0.15) is 11.4 Å². The highest BCUT2D eigenvalue weighted by Crippen LogP contribution is 2.11. The maximum absolute atomic E-state index is 4.52. The molecule has 0 aliphatic carbocycles. The molecule has 0 aliphatic heterocycles.